The molecule has 3 N–H and O–H groups in total. The van der Waals surface area contributed by atoms with Crippen LogP contribution in [0.3, 0.4) is 0 Å². The van der Waals surface area contributed by atoms with E-state index >= 15 is 0 Å². The van der Waals surface area contributed by atoms with Gasteiger partial charge in [0, 0.05) is 22.7 Å². The molecule has 0 fully saturated rings. The largest absolute Gasteiger partial charge is 0.357 e. The fourth-order valence-corrected chi connectivity index (χ4v) is 3.16. The predicted octanol–water partition coefficient (Wildman–Crippen LogP) is 3.05. The molecule has 2 aromatic rings. The third-order valence-corrected chi connectivity index (χ3v) is 4.53. The normalized spacial score (nSPS) is 10.5. The number of hydrogen-bond donors (Lipinski definition) is 3. The number of carbonyl (C=O) groups excluding carboxylic acids is 1. The monoisotopic (exact) mass is 497 g/mol. The summed E-state index contributed by atoms with van der Waals surface area (Å²) >= 11 is 1.65. The van der Waals surface area contributed by atoms with Crippen molar-refractivity contribution in [3.8, 4) is 12.3 Å². The van der Waals surface area contributed by atoms with Gasteiger partial charge in [-0.15, -0.1) is 41.7 Å². The van der Waals surface area contributed by atoms with Crippen LogP contribution >= 0.6 is 35.3 Å². The number of aryl methyl sites for hydroxylation is 2. The highest BCUT2D eigenvalue weighted by molar-refractivity contribution is 14.0. The van der Waals surface area contributed by atoms with E-state index in [1.807, 2.05) is 26.8 Å². The number of guanidine groups is 1. The molecule has 0 aliphatic heterocycles. The quantitative estimate of drug-likeness (QED) is 0.248. The average Bonchev–Trinajstić information content (AvgIpc) is 2.95. The van der Waals surface area contributed by atoms with Crippen molar-refractivity contribution < 1.29 is 4.79 Å². The molecule has 8 heteroatoms. The molecule has 144 valence electrons. The number of carbonyl (C=O) groups is 1. The second-order valence-corrected chi connectivity index (χ2v) is 6.85. The van der Waals surface area contributed by atoms with Gasteiger partial charge in [-0.1, -0.05) is 12.0 Å². The Morgan fingerprint density at radius 2 is 2.11 bits per heavy atom. The molecule has 0 saturated carbocycles. The number of benzene rings is 1. The summed E-state index contributed by atoms with van der Waals surface area (Å²) in [6.45, 7) is 7.29. The maximum Gasteiger partial charge on any atom is 0.246 e. The van der Waals surface area contributed by atoms with Gasteiger partial charge in [-0.25, -0.2) is 9.98 Å². The van der Waals surface area contributed by atoms with Crippen LogP contribution in [0.2, 0.25) is 0 Å². The highest BCUT2D eigenvalue weighted by Crippen LogP contribution is 2.16. The minimum Gasteiger partial charge on any atom is -0.357 e. The molecule has 0 spiro atoms. The molecule has 0 aliphatic carbocycles. The zero-order valence-electron chi connectivity index (χ0n) is 15.6. The molecule has 1 aromatic carbocycles. The summed E-state index contributed by atoms with van der Waals surface area (Å²) < 4.78 is 0. The Labute approximate surface area is 181 Å². The zero-order valence-corrected chi connectivity index (χ0v) is 18.8. The van der Waals surface area contributed by atoms with E-state index in [9.17, 15) is 4.79 Å². The van der Waals surface area contributed by atoms with E-state index < -0.39 is 0 Å². The number of aliphatic imine (C=N–C) groups is 1. The van der Waals surface area contributed by atoms with Crippen molar-refractivity contribution in [2.75, 3.05) is 18.4 Å². The van der Waals surface area contributed by atoms with Crippen molar-refractivity contribution in [1.82, 2.24) is 15.6 Å². The van der Waals surface area contributed by atoms with Gasteiger partial charge in [0.05, 0.1) is 17.2 Å². The van der Waals surface area contributed by atoms with Crippen molar-refractivity contribution in [2.24, 2.45) is 4.99 Å². The highest BCUT2D eigenvalue weighted by atomic mass is 127. The Morgan fingerprint density at radius 1 is 1.33 bits per heavy atom. The summed E-state index contributed by atoms with van der Waals surface area (Å²) in [5.41, 5.74) is 2.40. The maximum absolute atomic E-state index is 12.1. The van der Waals surface area contributed by atoms with E-state index in [1.165, 1.54) is 0 Å². The van der Waals surface area contributed by atoms with Crippen LogP contribution in [0.1, 0.15) is 28.1 Å². The topological polar surface area (TPSA) is 78.4 Å². The lowest BCUT2D eigenvalue weighted by molar-refractivity contribution is -0.114. The molecule has 1 amide bonds. The number of halogens is 1. The van der Waals surface area contributed by atoms with Crippen LogP contribution in [-0.2, 0) is 11.3 Å². The Hall–Kier alpha value is -2.12. The van der Waals surface area contributed by atoms with Gasteiger partial charge in [0.25, 0.3) is 0 Å². The Morgan fingerprint density at radius 3 is 2.74 bits per heavy atom. The molecule has 1 heterocycles. The molecule has 0 bridgehead atoms. The van der Waals surface area contributed by atoms with Gasteiger partial charge in [0.1, 0.15) is 6.54 Å². The summed E-state index contributed by atoms with van der Waals surface area (Å²) in [5.74, 6) is 2.92. The summed E-state index contributed by atoms with van der Waals surface area (Å²) in [6, 6.07) is 7.16. The van der Waals surface area contributed by atoms with Gasteiger partial charge in [-0.05, 0) is 39.0 Å². The number of hydrogen-bond acceptors (Lipinski definition) is 4. The van der Waals surface area contributed by atoms with Crippen LogP contribution in [-0.4, -0.2) is 29.9 Å². The van der Waals surface area contributed by atoms with E-state index in [-0.39, 0.29) is 36.4 Å². The van der Waals surface area contributed by atoms with Crippen molar-refractivity contribution in [3.63, 3.8) is 0 Å². The standard InChI is InChI=1S/C19H23N5OS.HI/c1-5-15-8-7-9-16(10-15)24-18(25)12-22-19(20-6-2)21-11-17-13(3)23-14(4)26-17;/h1,7-10H,6,11-12H2,2-4H3,(H,24,25)(H2,20,21,22);1H. The first-order chi connectivity index (χ1) is 12.5. The number of thiazole rings is 1. The molecule has 2 rings (SSSR count). The SMILES string of the molecule is C#Cc1cccc(NC(=O)CN=C(NCC)NCc2sc(C)nc2C)c1.I. The van der Waals surface area contributed by atoms with Gasteiger partial charge in [0.15, 0.2) is 5.96 Å². The van der Waals surface area contributed by atoms with Crippen molar-refractivity contribution in [3.05, 3.63) is 45.4 Å². The van der Waals surface area contributed by atoms with Gasteiger partial charge in [-0.2, -0.15) is 0 Å². The Bertz CT molecular complexity index is 841. The fourth-order valence-electron chi connectivity index (χ4n) is 2.28. The first-order valence-electron chi connectivity index (χ1n) is 8.33. The van der Waals surface area contributed by atoms with Crippen LogP contribution < -0.4 is 16.0 Å². The van der Waals surface area contributed by atoms with Gasteiger partial charge in [-0.3, -0.25) is 4.79 Å². The second-order valence-electron chi connectivity index (χ2n) is 5.56. The first kappa shape index (κ1) is 22.9. The first-order valence-corrected chi connectivity index (χ1v) is 9.15. The minimum absolute atomic E-state index is 0. The van der Waals surface area contributed by atoms with Crippen molar-refractivity contribution >= 4 is 52.9 Å². The number of nitrogens with one attached hydrogen (secondary N) is 3. The number of nitrogens with zero attached hydrogens (tertiary/aromatic N) is 2. The number of aromatic nitrogens is 1. The lowest BCUT2D eigenvalue weighted by atomic mass is 10.2. The van der Waals surface area contributed by atoms with Crippen LogP contribution in [0.15, 0.2) is 29.3 Å². The van der Waals surface area contributed by atoms with Crippen LogP contribution in [0.25, 0.3) is 0 Å². The van der Waals surface area contributed by atoms with E-state index in [2.05, 4.69) is 31.8 Å². The fraction of sp³-hybridized carbons (Fsp3) is 0.316. The van der Waals surface area contributed by atoms with E-state index in [1.54, 1.807) is 29.5 Å². The molecular weight excluding hydrogens is 473 g/mol. The minimum atomic E-state index is -0.207. The van der Waals surface area contributed by atoms with Crippen LogP contribution in [0, 0.1) is 26.2 Å². The second kappa shape index (κ2) is 11.6. The molecule has 0 aliphatic rings. The smallest absolute Gasteiger partial charge is 0.246 e. The maximum atomic E-state index is 12.1. The molecular formula is C19H24IN5OS. The van der Waals surface area contributed by atoms with Crippen molar-refractivity contribution in [1.29, 1.82) is 0 Å². The predicted molar refractivity (Wildman–Crippen MR) is 123 cm³/mol. The van der Waals surface area contributed by atoms with E-state index in [0.29, 0.717) is 24.7 Å². The summed E-state index contributed by atoms with van der Waals surface area (Å²) in [6.07, 6.45) is 5.37. The number of amides is 1. The van der Waals surface area contributed by atoms with Crippen LogP contribution in [0.4, 0.5) is 5.69 Å². The van der Waals surface area contributed by atoms with E-state index in [4.69, 9.17) is 6.42 Å². The molecule has 0 unspecified atom stereocenters. The Balaban J connectivity index is 0.00000364. The van der Waals surface area contributed by atoms with Crippen LogP contribution in [0.5, 0.6) is 0 Å². The van der Waals surface area contributed by atoms with Gasteiger partial charge < -0.3 is 16.0 Å². The summed E-state index contributed by atoms with van der Waals surface area (Å²) in [7, 11) is 0. The third-order valence-electron chi connectivity index (χ3n) is 3.45. The van der Waals surface area contributed by atoms with Gasteiger partial charge >= 0.3 is 0 Å². The van der Waals surface area contributed by atoms with E-state index in [0.717, 1.165) is 21.1 Å². The lowest BCUT2D eigenvalue weighted by Gasteiger charge is -2.11. The zero-order chi connectivity index (χ0) is 18.9. The number of rotatable bonds is 6. The molecule has 1 aromatic heterocycles. The molecule has 6 nitrogen and oxygen atoms in total. The summed E-state index contributed by atoms with van der Waals surface area (Å²) in [4.78, 5) is 22.0. The lowest BCUT2D eigenvalue weighted by Crippen LogP contribution is -2.37. The number of terminal acetylenes is 1. The summed E-state index contributed by atoms with van der Waals surface area (Å²) in [5, 5.41) is 10.2. The molecule has 0 saturated heterocycles. The number of anilines is 1. The van der Waals surface area contributed by atoms with Crippen molar-refractivity contribution in [2.45, 2.75) is 27.3 Å². The molecule has 0 atom stereocenters. The third kappa shape index (κ3) is 7.56. The molecule has 27 heavy (non-hydrogen) atoms. The highest BCUT2D eigenvalue weighted by Gasteiger charge is 2.07. The molecule has 0 radical (unpaired) electrons. The van der Waals surface area contributed by atoms with Gasteiger partial charge in [0.2, 0.25) is 5.91 Å². The Kier molecular flexibility index (Phi) is 9.82. The average molecular weight is 497 g/mol.